The lowest BCUT2D eigenvalue weighted by Crippen LogP contribution is -2.31. The lowest BCUT2D eigenvalue weighted by Gasteiger charge is -2.18. The highest BCUT2D eigenvalue weighted by atomic mass is 79.9. The van der Waals surface area contributed by atoms with Gasteiger partial charge in [-0.05, 0) is 30.5 Å². The summed E-state index contributed by atoms with van der Waals surface area (Å²) in [5, 5.41) is 0.601. The number of nitrogens with one attached hydrogen (secondary N) is 1. The molecule has 0 aliphatic rings. The molecule has 0 bridgehead atoms. The summed E-state index contributed by atoms with van der Waals surface area (Å²) >= 11 is 3.17. The largest absolute Gasteiger partial charge is 0.480 e. The Bertz CT molecular complexity index is 666. The molecule has 1 heterocycles. The van der Waals surface area contributed by atoms with Crippen molar-refractivity contribution in [2.75, 3.05) is 0 Å². The number of pyridine rings is 1. The first-order valence-electron chi connectivity index (χ1n) is 5.33. The number of aromatic amines is 1. The van der Waals surface area contributed by atoms with E-state index in [1.807, 2.05) is 0 Å². The second-order valence-electron chi connectivity index (χ2n) is 3.98. The molecule has 102 valence electrons. The van der Waals surface area contributed by atoms with Crippen LogP contribution in [0.25, 0.3) is 10.8 Å². The summed E-state index contributed by atoms with van der Waals surface area (Å²) < 4.78 is 43.0. The Balaban J connectivity index is 2.57. The zero-order valence-corrected chi connectivity index (χ0v) is 11.3. The van der Waals surface area contributed by atoms with Crippen LogP contribution in [0.3, 0.4) is 0 Å². The van der Waals surface area contributed by atoms with Crippen molar-refractivity contribution in [3.05, 3.63) is 39.2 Å². The highest BCUT2D eigenvalue weighted by Crippen LogP contribution is 2.31. The van der Waals surface area contributed by atoms with E-state index in [4.69, 9.17) is 4.74 Å². The summed E-state index contributed by atoms with van der Waals surface area (Å²) in [7, 11) is 0. The molecule has 0 aliphatic heterocycles. The van der Waals surface area contributed by atoms with Gasteiger partial charge in [-0.3, -0.25) is 4.79 Å². The molecule has 3 nitrogen and oxygen atoms in total. The van der Waals surface area contributed by atoms with E-state index in [1.165, 1.54) is 12.3 Å². The maximum Gasteiger partial charge on any atom is 0.425 e. The predicted octanol–water partition coefficient (Wildman–Crippen LogP) is 3.62. The molecule has 0 amide bonds. The van der Waals surface area contributed by atoms with Crippen LogP contribution < -0.4 is 10.3 Å². The molecule has 0 radical (unpaired) electrons. The molecule has 0 fully saturated rings. The molecular formula is C12H9BrF3NO2. The second-order valence-corrected chi connectivity index (χ2v) is 4.89. The normalized spacial score (nSPS) is 13.5. The van der Waals surface area contributed by atoms with Crippen molar-refractivity contribution in [2.45, 2.75) is 19.2 Å². The molecular weight excluding hydrogens is 327 g/mol. The monoisotopic (exact) mass is 335 g/mol. The summed E-state index contributed by atoms with van der Waals surface area (Å²) in [6.07, 6.45) is -5.06. The number of ether oxygens (including phenoxy) is 1. The molecule has 1 atom stereocenters. The van der Waals surface area contributed by atoms with E-state index in [1.54, 1.807) is 12.1 Å². The molecule has 19 heavy (non-hydrogen) atoms. The topological polar surface area (TPSA) is 42.1 Å². The first-order chi connectivity index (χ1) is 8.79. The number of benzene rings is 1. The van der Waals surface area contributed by atoms with Gasteiger partial charge < -0.3 is 9.72 Å². The van der Waals surface area contributed by atoms with Crippen LogP contribution in [0.1, 0.15) is 6.92 Å². The smallest absolute Gasteiger partial charge is 0.425 e. The van der Waals surface area contributed by atoms with Crippen molar-refractivity contribution in [3.8, 4) is 5.75 Å². The number of aromatic nitrogens is 1. The van der Waals surface area contributed by atoms with E-state index in [2.05, 4.69) is 20.9 Å². The highest BCUT2D eigenvalue weighted by molar-refractivity contribution is 9.10. The number of halogens is 4. The zero-order chi connectivity index (χ0) is 14.2. The maximum atomic E-state index is 12.5. The number of rotatable bonds is 2. The lowest BCUT2D eigenvalue weighted by atomic mass is 10.1. The van der Waals surface area contributed by atoms with Gasteiger partial charge in [-0.15, -0.1) is 0 Å². The van der Waals surface area contributed by atoms with Gasteiger partial charge in [0.15, 0.2) is 6.10 Å². The number of alkyl halides is 3. The summed E-state index contributed by atoms with van der Waals surface area (Å²) in [5.41, 5.74) is -0.491. The van der Waals surface area contributed by atoms with Crippen molar-refractivity contribution < 1.29 is 17.9 Å². The van der Waals surface area contributed by atoms with Crippen LogP contribution in [0, 0.1) is 0 Å². The quantitative estimate of drug-likeness (QED) is 0.910. The van der Waals surface area contributed by atoms with E-state index in [0.29, 0.717) is 9.86 Å². The van der Waals surface area contributed by atoms with Gasteiger partial charge in [0.05, 0.1) is 5.39 Å². The molecule has 0 aliphatic carbocycles. The Hall–Kier alpha value is -1.50. The summed E-state index contributed by atoms with van der Waals surface area (Å²) in [6, 6.07) is 4.57. The number of fused-ring (bicyclic) bond motifs is 1. The van der Waals surface area contributed by atoms with Crippen LogP contribution in [0.2, 0.25) is 0 Å². The standard InChI is InChI=1S/C12H9BrF3NO2/c1-6(12(14,15)16)19-9-5-8(13)4-7-2-3-17-11(18)10(7)9/h2-6H,1H3,(H,17,18)/t6-/m0/s1. The van der Waals surface area contributed by atoms with Crippen molar-refractivity contribution in [1.82, 2.24) is 4.98 Å². The van der Waals surface area contributed by atoms with E-state index >= 15 is 0 Å². The Morgan fingerprint density at radius 2 is 2.05 bits per heavy atom. The van der Waals surface area contributed by atoms with E-state index in [-0.39, 0.29) is 11.1 Å². The first-order valence-corrected chi connectivity index (χ1v) is 6.12. The van der Waals surface area contributed by atoms with Gasteiger partial charge in [-0.25, -0.2) is 0 Å². The molecule has 7 heteroatoms. The van der Waals surface area contributed by atoms with E-state index < -0.39 is 17.8 Å². The van der Waals surface area contributed by atoms with Crippen LogP contribution in [0.4, 0.5) is 13.2 Å². The number of hydrogen-bond donors (Lipinski definition) is 1. The molecule has 1 aromatic heterocycles. The summed E-state index contributed by atoms with van der Waals surface area (Å²) in [6.45, 7) is 0.893. The van der Waals surface area contributed by atoms with Crippen LogP contribution in [0.5, 0.6) is 5.75 Å². The maximum absolute atomic E-state index is 12.5. The molecule has 1 aromatic carbocycles. The van der Waals surface area contributed by atoms with Gasteiger partial charge in [0.1, 0.15) is 5.75 Å². The Morgan fingerprint density at radius 1 is 1.37 bits per heavy atom. The van der Waals surface area contributed by atoms with Gasteiger partial charge >= 0.3 is 6.18 Å². The average Bonchev–Trinajstić information content (AvgIpc) is 2.26. The molecule has 0 spiro atoms. The summed E-state index contributed by atoms with van der Waals surface area (Å²) in [5.74, 6) is -0.101. The minimum absolute atomic E-state index is 0.0989. The van der Waals surface area contributed by atoms with Gasteiger partial charge in [0.25, 0.3) is 5.56 Å². The molecule has 0 saturated carbocycles. The third-order valence-electron chi connectivity index (χ3n) is 2.57. The van der Waals surface area contributed by atoms with Crippen LogP contribution >= 0.6 is 15.9 Å². The van der Waals surface area contributed by atoms with Crippen molar-refractivity contribution >= 4 is 26.7 Å². The molecule has 2 aromatic rings. The van der Waals surface area contributed by atoms with Gasteiger partial charge in [-0.1, -0.05) is 15.9 Å². The fourth-order valence-electron chi connectivity index (χ4n) is 1.61. The number of H-pyrrole nitrogens is 1. The zero-order valence-electron chi connectivity index (χ0n) is 9.72. The average molecular weight is 336 g/mol. The lowest BCUT2D eigenvalue weighted by molar-refractivity contribution is -0.189. The van der Waals surface area contributed by atoms with Crippen molar-refractivity contribution in [3.63, 3.8) is 0 Å². The van der Waals surface area contributed by atoms with Crippen molar-refractivity contribution in [2.24, 2.45) is 0 Å². The SMILES string of the molecule is C[C@H](Oc1cc(Br)cc2cc[nH]c(=O)c12)C(F)(F)F. The fourth-order valence-corrected chi connectivity index (χ4v) is 2.06. The van der Waals surface area contributed by atoms with E-state index in [9.17, 15) is 18.0 Å². The Morgan fingerprint density at radius 3 is 2.68 bits per heavy atom. The first kappa shape index (κ1) is 13.9. The second kappa shape index (κ2) is 4.88. The van der Waals surface area contributed by atoms with Crippen LogP contribution in [-0.4, -0.2) is 17.3 Å². The number of hydrogen-bond acceptors (Lipinski definition) is 2. The van der Waals surface area contributed by atoms with Gasteiger partial charge in [0.2, 0.25) is 0 Å². The fraction of sp³-hybridized carbons (Fsp3) is 0.250. The van der Waals surface area contributed by atoms with Crippen LogP contribution in [0.15, 0.2) is 33.7 Å². The molecule has 0 saturated heterocycles. The minimum Gasteiger partial charge on any atom is -0.480 e. The van der Waals surface area contributed by atoms with Crippen molar-refractivity contribution in [1.29, 1.82) is 0 Å². The van der Waals surface area contributed by atoms with E-state index in [0.717, 1.165) is 6.92 Å². The molecule has 1 N–H and O–H groups in total. The molecule has 0 unspecified atom stereocenters. The van der Waals surface area contributed by atoms with Crippen LogP contribution in [-0.2, 0) is 0 Å². The minimum atomic E-state index is -4.49. The third-order valence-corrected chi connectivity index (χ3v) is 3.02. The predicted molar refractivity (Wildman–Crippen MR) is 68.4 cm³/mol. The summed E-state index contributed by atoms with van der Waals surface area (Å²) in [4.78, 5) is 14.1. The van der Waals surface area contributed by atoms with Gasteiger partial charge in [0, 0.05) is 10.7 Å². The molecule has 2 rings (SSSR count). The van der Waals surface area contributed by atoms with Gasteiger partial charge in [-0.2, -0.15) is 13.2 Å². The highest BCUT2D eigenvalue weighted by Gasteiger charge is 2.38. The Kier molecular flexibility index (Phi) is 3.58. The third kappa shape index (κ3) is 2.91. The Labute approximate surface area is 114 Å².